The Morgan fingerprint density at radius 2 is 1.91 bits per heavy atom. The fraction of sp³-hybridized carbons (Fsp3) is 0.611. The van der Waals surface area contributed by atoms with Gasteiger partial charge in [0, 0.05) is 25.2 Å². The lowest BCUT2D eigenvalue weighted by Crippen LogP contribution is -2.36. The molecule has 1 aromatic rings. The summed E-state index contributed by atoms with van der Waals surface area (Å²) in [6.07, 6.45) is 5.44. The van der Waals surface area contributed by atoms with Gasteiger partial charge in [0.2, 0.25) is 5.91 Å². The number of nitrogens with zero attached hydrogens (tertiary/aromatic N) is 1. The number of ether oxygens (including phenoxy) is 1. The minimum atomic E-state index is 0.115. The van der Waals surface area contributed by atoms with Crippen LogP contribution in [-0.2, 0) is 11.3 Å². The van der Waals surface area contributed by atoms with Gasteiger partial charge in [-0.05, 0) is 30.7 Å². The number of methoxy groups -OCH3 is 1. The van der Waals surface area contributed by atoms with Crippen molar-refractivity contribution in [3.63, 3.8) is 0 Å². The molecule has 0 bridgehead atoms. The van der Waals surface area contributed by atoms with Crippen molar-refractivity contribution in [3.05, 3.63) is 29.8 Å². The van der Waals surface area contributed by atoms with Crippen molar-refractivity contribution < 1.29 is 9.53 Å². The van der Waals surface area contributed by atoms with Crippen LogP contribution in [0.3, 0.4) is 0 Å². The SMILES string of the molecule is COc1ccccc1CNC(=O)CN1CC2CCCCC2C1. The van der Waals surface area contributed by atoms with Crippen molar-refractivity contribution in [1.29, 1.82) is 0 Å². The van der Waals surface area contributed by atoms with Gasteiger partial charge in [-0.1, -0.05) is 31.0 Å². The summed E-state index contributed by atoms with van der Waals surface area (Å²) < 4.78 is 5.31. The van der Waals surface area contributed by atoms with Gasteiger partial charge < -0.3 is 10.1 Å². The molecule has 1 aliphatic heterocycles. The highest BCUT2D eigenvalue weighted by molar-refractivity contribution is 5.78. The van der Waals surface area contributed by atoms with Crippen LogP contribution in [0.5, 0.6) is 5.75 Å². The normalized spacial score (nSPS) is 24.8. The van der Waals surface area contributed by atoms with Gasteiger partial charge in [0.25, 0.3) is 0 Å². The van der Waals surface area contributed by atoms with Gasteiger partial charge in [-0.25, -0.2) is 0 Å². The Bertz CT molecular complexity index is 504. The van der Waals surface area contributed by atoms with E-state index >= 15 is 0 Å². The van der Waals surface area contributed by atoms with Crippen LogP contribution in [-0.4, -0.2) is 37.6 Å². The summed E-state index contributed by atoms with van der Waals surface area (Å²) in [5.41, 5.74) is 1.02. The molecule has 1 aliphatic carbocycles. The average Bonchev–Trinajstić information content (AvgIpc) is 2.95. The fourth-order valence-electron chi connectivity index (χ4n) is 3.93. The number of nitrogens with one attached hydrogen (secondary N) is 1. The molecule has 120 valence electrons. The van der Waals surface area contributed by atoms with Crippen LogP contribution >= 0.6 is 0 Å². The molecule has 1 amide bonds. The van der Waals surface area contributed by atoms with E-state index in [2.05, 4.69) is 10.2 Å². The summed E-state index contributed by atoms with van der Waals surface area (Å²) >= 11 is 0. The molecule has 1 saturated heterocycles. The lowest BCUT2D eigenvalue weighted by atomic mass is 9.82. The number of benzene rings is 1. The zero-order valence-electron chi connectivity index (χ0n) is 13.4. The smallest absolute Gasteiger partial charge is 0.234 e. The van der Waals surface area contributed by atoms with Crippen LogP contribution in [0.2, 0.25) is 0 Å². The predicted molar refractivity (Wildman–Crippen MR) is 86.7 cm³/mol. The third-order valence-electron chi connectivity index (χ3n) is 5.09. The van der Waals surface area contributed by atoms with E-state index in [1.54, 1.807) is 7.11 Å². The van der Waals surface area contributed by atoms with Gasteiger partial charge in [0.15, 0.2) is 0 Å². The van der Waals surface area contributed by atoms with E-state index < -0.39 is 0 Å². The van der Waals surface area contributed by atoms with E-state index in [0.29, 0.717) is 13.1 Å². The highest BCUT2D eigenvalue weighted by Crippen LogP contribution is 2.35. The largest absolute Gasteiger partial charge is 0.496 e. The first-order valence-electron chi connectivity index (χ1n) is 8.37. The zero-order chi connectivity index (χ0) is 15.4. The average molecular weight is 302 g/mol. The number of carbonyl (C=O) groups is 1. The van der Waals surface area contributed by atoms with Crippen molar-refractivity contribution >= 4 is 5.91 Å². The molecule has 4 heteroatoms. The standard InChI is InChI=1S/C18H26N2O2/c1-22-17-9-5-4-6-14(17)10-19-18(21)13-20-11-15-7-2-3-8-16(15)12-20/h4-6,9,15-16H,2-3,7-8,10-13H2,1H3,(H,19,21). The lowest BCUT2D eigenvalue weighted by molar-refractivity contribution is -0.122. The molecular formula is C18H26N2O2. The first-order chi connectivity index (χ1) is 10.8. The first-order valence-corrected chi connectivity index (χ1v) is 8.37. The molecule has 0 spiro atoms. The van der Waals surface area contributed by atoms with Crippen LogP contribution in [0, 0.1) is 11.8 Å². The van der Waals surface area contributed by atoms with Gasteiger partial charge in [-0.15, -0.1) is 0 Å². The topological polar surface area (TPSA) is 41.6 Å². The molecular weight excluding hydrogens is 276 g/mol. The van der Waals surface area contributed by atoms with Crippen molar-refractivity contribution in [2.75, 3.05) is 26.7 Å². The van der Waals surface area contributed by atoms with E-state index in [1.165, 1.54) is 25.7 Å². The molecule has 1 N–H and O–H groups in total. The number of likely N-dealkylation sites (tertiary alicyclic amines) is 1. The lowest BCUT2D eigenvalue weighted by Gasteiger charge is -2.23. The Kier molecular flexibility index (Phi) is 4.98. The van der Waals surface area contributed by atoms with Gasteiger partial charge in [-0.3, -0.25) is 9.69 Å². The summed E-state index contributed by atoms with van der Waals surface area (Å²) in [7, 11) is 1.66. The van der Waals surface area contributed by atoms with Crippen LogP contribution in [0.1, 0.15) is 31.2 Å². The molecule has 4 nitrogen and oxygen atoms in total. The first kappa shape index (κ1) is 15.3. The predicted octanol–water partition coefficient (Wildman–Crippen LogP) is 2.43. The van der Waals surface area contributed by atoms with E-state index in [4.69, 9.17) is 4.74 Å². The number of hydrogen-bond donors (Lipinski definition) is 1. The maximum Gasteiger partial charge on any atom is 0.234 e. The molecule has 22 heavy (non-hydrogen) atoms. The Labute approximate surface area is 132 Å². The van der Waals surface area contributed by atoms with E-state index in [-0.39, 0.29) is 5.91 Å². The molecule has 0 aromatic heterocycles. The van der Waals surface area contributed by atoms with Crippen LogP contribution in [0.4, 0.5) is 0 Å². The number of amides is 1. The fourth-order valence-corrected chi connectivity index (χ4v) is 3.93. The number of rotatable bonds is 5. The Morgan fingerprint density at radius 1 is 1.23 bits per heavy atom. The van der Waals surface area contributed by atoms with Crippen LogP contribution in [0.25, 0.3) is 0 Å². The maximum atomic E-state index is 12.2. The quantitative estimate of drug-likeness (QED) is 0.908. The summed E-state index contributed by atoms with van der Waals surface area (Å²) in [6, 6.07) is 7.82. The van der Waals surface area contributed by atoms with Crippen LogP contribution in [0.15, 0.2) is 24.3 Å². The molecule has 1 saturated carbocycles. The van der Waals surface area contributed by atoms with Gasteiger partial charge >= 0.3 is 0 Å². The number of fused-ring (bicyclic) bond motifs is 1. The second-order valence-corrected chi connectivity index (χ2v) is 6.59. The van der Waals surface area contributed by atoms with E-state index in [9.17, 15) is 4.79 Å². The summed E-state index contributed by atoms with van der Waals surface area (Å²) in [4.78, 5) is 14.5. The van der Waals surface area contributed by atoms with Crippen LogP contribution < -0.4 is 10.1 Å². The molecule has 2 fully saturated rings. The summed E-state index contributed by atoms with van der Waals surface area (Å²) in [5.74, 6) is 2.60. The molecule has 1 heterocycles. The van der Waals surface area contributed by atoms with Gasteiger partial charge in [0.05, 0.1) is 13.7 Å². The van der Waals surface area contributed by atoms with E-state index in [0.717, 1.165) is 36.2 Å². The summed E-state index contributed by atoms with van der Waals surface area (Å²) in [6.45, 7) is 3.27. The Hall–Kier alpha value is -1.55. The Morgan fingerprint density at radius 3 is 2.59 bits per heavy atom. The summed E-state index contributed by atoms with van der Waals surface area (Å²) in [5, 5.41) is 3.02. The third-order valence-corrected chi connectivity index (χ3v) is 5.09. The van der Waals surface area contributed by atoms with Gasteiger partial charge in [0.1, 0.15) is 5.75 Å². The van der Waals surface area contributed by atoms with Gasteiger partial charge in [-0.2, -0.15) is 0 Å². The minimum absolute atomic E-state index is 0.115. The number of hydrogen-bond acceptors (Lipinski definition) is 3. The molecule has 3 rings (SSSR count). The monoisotopic (exact) mass is 302 g/mol. The third kappa shape index (κ3) is 3.61. The van der Waals surface area contributed by atoms with E-state index in [1.807, 2.05) is 24.3 Å². The molecule has 2 aliphatic rings. The number of carbonyl (C=O) groups excluding carboxylic acids is 1. The Balaban J connectivity index is 1.47. The number of para-hydroxylation sites is 1. The minimum Gasteiger partial charge on any atom is -0.496 e. The molecule has 0 radical (unpaired) electrons. The second-order valence-electron chi connectivity index (χ2n) is 6.59. The second kappa shape index (κ2) is 7.14. The van der Waals surface area contributed by atoms with Crippen molar-refractivity contribution in [1.82, 2.24) is 10.2 Å². The molecule has 2 unspecified atom stereocenters. The van der Waals surface area contributed by atoms with Crippen molar-refractivity contribution in [2.45, 2.75) is 32.2 Å². The van der Waals surface area contributed by atoms with Crippen molar-refractivity contribution in [3.8, 4) is 5.75 Å². The highest BCUT2D eigenvalue weighted by Gasteiger charge is 2.34. The van der Waals surface area contributed by atoms with Crippen molar-refractivity contribution in [2.24, 2.45) is 11.8 Å². The maximum absolute atomic E-state index is 12.2. The molecule has 2 atom stereocenters. The highest BCUT2D eigenvalue weighted by atomic mass is 16.5. The molecule has 1 aromatic carbocycles. The zero-order valence-corrected chi connectivity index (χ0v) is 13.4.